The van der Waals surface area contributed by atoms with Gasteiger partial charge in [-0.1, -0.05) is 19.4 Å². The number of pyridine rings is 1. The summed E-state index contributed by atoms with van der Waals surface area (Å²) in [6, 6.07) is 8.62. The number of hydrogen-bond acceptors (Lipinski definition) is 3. The molecule has 0 amide bonds. The van der Waals surface area contributed by atoms with Gasteiger partial charge >= 0.3 is 0 Å². The number of H-pyrrole nitrogens is 1. The summed E-state index contributed by atoms with van der Waals surface area (Å²) in [5.41, 5.74) is 2.99. The van der Waals surface area contributed by atoms with Gasteiger partial charge in [-0.15, -0.1) is 11.3 Å². The van der Waals surface area contributed by atoms with Gasteiger partial charge in [0.15, 0.2) is 10.4 Å². The summed E-state index contributed by atoms with van der Waals surface area (Å²) in [7, 11) is 0. The van der Waals surface area contributed by atoms with Crippen molar-refractivity contribution in [1.29, 1.82) is 0 Å². The van der Waals surface area contributed by atoms with E-state index in [-0.39, 0.29) is 6.04 Å². The highest BCUT2D eigenvalue weighted by Crippen LogP contribution is 2.30. The van der Waals surface area contributed by atoms with Gasteiger partial charge in [0.1, 0.15) is 0 Å². The molecule has 3 aromatic heterocycles. The van der Waals surface area contributed by atoms with Crippen molar-refractivity contribution in [1.82, 2.24) is 14.5 Å². The van der Waals surface area contributed by atoms with Crippen molar-refractivity contribution >= 4 is 34.7 Å². The summed E-state index contributed by atoms with van der Waals surface area (Å²) in [6.07, 6.45) is 2.18. The van der Waals surface area contributed by atoms with Crippen molar-refractivity contribution in [2.45, 2.75) is 32.7 Å². The Balaban J connectivity index is 2.22. The second-order valence-electron chi connectivity index (χ2n) is 4.94. The molecule has 0 aromatic carbocycles. The fourth-order valence-electron chi connectivity index (χ4n) is 2.54. The first-order valence-electron chi connectivity index (χ1n) is 6.82. The Morgan fingerprint density at radius 3 is 2.95 bits per heavy atom. The van der Waals surface area contributed by atoms with Crippen LogP contribution in [0.5, 0.6) is 0 Å². The number of thiophene rings is 1. The van der Waals surface area contributed by atoms with Crippen LogP contribution in [0.2, 0.25) is 0 Å². The second kappa shape index (κ2) is 5.50. The van der Waals surface area contributed by atoms with Crippen LogP contribution in [0, 0.1) is 11.7 Å². The first-order chi connectivity index (χ1) is 9.70. The molecule has 1 N–H and O–H groups in total. The minimum atomic E-state index is 0.274. The Labute approximate surface area is 127 Å². The Bertz CT molecular complexity index is 768. The van der Waals surface area contributed by atoms with E-state index < -0.39 is 0 Å². The third-order valence-electron chi connectivity index (χ3n) is 3.45. The highest BCUT2D eigenvalue weighted by molar-refractivity contribution is 7.71. The minimum absolute atomic E-state index is 0.274. The fraction of sp³-hybridized carbons (Fsp3) is 0.333. The number of aryl methyl sites for hydroxylation is 1. The van der Waals surface area contributed by atoms with Crippen molar-refractivity contribution in [2.75, 3.05) is 0 Å². The van der Waals surface area contributed by atoms with Gasteiger partial charge in [0.25, 0.3) is 0 Å². The lowest BCUT2D eigenvalue weighted by Crippen LogP contribution is -2.10. The van der Waals surface area contributed by atoms with Crippen molar-refractivity contribution in [3.05, 3.63) is 45.0 Å². The first kappa shape index (κ1) is 13.5. The Hall–Kier alpha value is -1.46. The average molecular weight is 303 g/mol. The zero-order valence-corrected chi connectivity index (χ0v) is 13.2. The van der Waals surface area contributed by atoms with Gasteiger partial charge in [0.05, 0.1) is 11.6 Å². The molecule has 0 fully saturated rings. The fourth-order valence-corrected chi connectivity index (χ4v) is 3.71. The van der Waals surface area contributed by atoms with Gasteiger partial charge in [-0.05, 0) is 49.1 Å². The highest BCUT2D eigenvalue weighted by Gasteiger charge is 2.18. The lowest BCUT2D eigenvalue weighted by molar-refractivity contribution is 0.545. The van der Waals surface area contributed by atoms with Gasteiger partial charge in [-0.25, -0.2) is 4.98 Å². The Morgan fingerprint density at radius 2 is 2.25 bits per heavy atom. The molecule has 20 heavy (non-hydrogen) atoms. The molecule has 0 aliphatic carbocycles. The predicted octanol–water partition coefficient (Wildman–Crippen LogP) is 4.85. The van der Waals surface area contributed by atoms with E-state index in [4.69, 9.17) is 12.2 Å². The van der Waals surface area contributed by atoms with E-state index in [9.17, 15) is 0 Å². The molecule has 0 aliphatic rings. The van der Waals surface area contributed by atoms with E-state index in [1.807, 2.05) is 13.0 Å². The molecule has 3 aromatic rings. The van der Waals surface area contributed by atoms with E-state index in [2.05, 4.69) is 45.0 Å². The second-order valence-corrected chi connectivity index (χ2v) is 6.31. The molecule has 0 bridgehead atoms. The maximum atomic E-state index is 5.53. The number of hydrogen-bond donors (Lipinski definition) is 1. The summed E-state index contributed by atoms with van der Waals surface area (Å²) in [5, 5.41) is 2.12. The summed E-state index contributed by atoms with van der Waals surface area (Å²) >= 11 is 7.31. The Morgan fingerprint density at radius 1 is 1.40 bits per heavy atom. The third kappa shape index (κ3) is 2.31. The standard InChI is InChI=1S/C15H17N3S2/c1-3-5-12(13-6-4-9-20-13)18-14-11(17-15(18)19)8-7-10(2)16-14/h4,6-9,12H,3,5H2,1-2H3,(H,17,19). The molecular formula is C15H17N3S2. The number of rotatable bonds is 4. The van der Waals surface area contributed by atoms with Crippen LogP contribution in [-0.4, -0.2) is 14.5 Å². The van der Waals surface area contributed by atoms with Crippen LogP contribution in [0.15, 0.2) is 29.6 Å². The van der Waals surface area contributed by atoms with E-state index in [1.165, 1.54) is 4.88 Å². The molecule has 0 radical (unpaired) electrons. The number of fused-ring (bicyclic) bond motifs is 1. The number of nitrogens with one attached hydrogen (secondary N) is 1. The number of imidazole rings is 1. The van der Waals surface area contributed by atoms with Gasteiger partial charge < -0.3 is 4.98 Å². The van der Waals surface area contributed by atoms with Gasteiger partial charge in [-0.3, -0.25) is 4.57 Å². The molecular weight excluding hydrogens is 286 g/mol. The van der Waals surface area contributed by atoms with Crippen LogP contribution in [-0.2, 0) is 0 Å². The lowest BCUT2D eigenvalue weighted by Gasteiger charge is -2.17. The maximum absolute atomic E-state index is 5.53. The maximum Gasteiger partial charge on any atom is 0.179 e. The molecule has 3 nitrogen and oxygen atoms in total. The van der Waals surface area contributed by atoms with Crippen LogP contribution < -0.4 is 0 Å². The van der Waals surface area contributed by atoms with Crippen LogP contribution in [0.25, 0.3) is 11.2 Å². The molecule has 104 valence electrons. The normalized spacial score (nSPS) is 12.9. The SMILES string of the molecule is CCCC(c1cccs1)n1c(=S)[nH]c2ccc(C)nc21. The molecule has 3 heterocycles. The van der Waals surface area contributed by atoms with Crippen LogP contribution in [0.1, 0.15) is 36.4 Å². The highest BCUT2D eigenvalue weighted by atomic mass is 32.1. The zero-order valence-electron chi connectivity index (χ0n) is 11.6. The van der Waals surface area contributed by atoms with Crippen LogP contribution >= 0.6 is 23.6 Å². The molecule has 0 aliphatic heterocycles. The molecule has 1 unspecified atom stereocenters. The summed E-state index contributed by atoms with van der Waals surface area (Å²) in [6.45, 7) is 4.22. The van der Waals surface area contributed by atoms with Crippen molar-refractivity contribution in [2.24, 2.45) is 0 Å². The molecule has 0 saturated carbocycles. The van der Waals surface area contributed by atoms with Crippen molar-refractivity contribution in [3.63, 3.8) is 0 Å². The lowest BCUT2D eigenvalue weighted by atomic mass is 10.1. The first-order valence-corrected chi connectivity index (χ1v) is 8.10. The summed E-state index contributed by atoms with van der Waals surface area (Å²) < 4.78 is 2.93. The van der Waals surface area contributed by atoms with Crippen LogP contribution in [0.4, 0.5) is 0 Å². The van der Waals surface area contributed by atoms with Crippen molar-refractivity contribution in [3.8, 4) is 0 Å². The topological polar surface area (TPSA) is 33.6 Å². The van der Waals surface area contributed by atoms with Crippen molar-refractivity contribution < 1.29 is 0 Å². The number of aromatic amines is 1. The summed E-state index contributed by atoms with van der Waals surface area (Å²) in [5.74, 6) is 0. The van der Waals surface area contributed by atoms with E-state index >= 15 is 0 Å². The minimum Gasteiger partial charge on any atom is -0.329 e. The summed E-state index contributed by atoms with van der Waals surface area (Å²) in [4.78, 5) is 9.29. The van der Waals surface area contributed by atoms with Crippen LogP contribution in [0.3, 0.4) is 0 Å². The number of aromatic nitrogens is 3. The molecule has 5 heteroatoms. The van der Waals surface area contributed by atoms with E-state index in [0.29, 0.717) is 0 Å². The average Bonchev–Trinajstić information content (AvgIpc) is 3.04. The zero-order chi connectivity index (χ0) is 14.1. The van der Waals surface area contributed by atoms with E-state index in [1.54, 1.807) is 11.3 Å². The molecule has 1 atom stereocenters. The quantitative estimate of drug-likeness (QED) is 0.699. The molecule has 0 saturated heterocycles. The largest absolute Gasteiger partial charge is 0.329 e. The smallest absolute Gasteiger partial charge is 0.179 e. The van der Waals surface area contributed by atoms with Gasteiger partial charge in [-0.2, -0.15) is 0 Å². The molecule has 0 spiro atoms. The van der Waals surface area contributed by atoms with Gasteiger partial charge in [0.2, 0.25) is 0 Å². The number of nitrogens with zero attached hydrogens (tertiary/aromatic N) is 2. The Kier molecular flexibility index (Phi) is 3.72. The predicted molar refractivity (Wildman–Crippen MR) is 87.0 cm³/mol. The third-order valence-corrected chi connectivity index (χ3v) is 4.72. The molecule has 3 rings (SSSR count). The monoisotopic (exact) mass is 303 g/mol. The van der Waals surface area contributed by atoms with Gasteiger partial charge in [0, 0.05) is 10.6 Å². The van der Waals surface area contributed by atoms with E-state index in [0.717, 1.165) is 34.5 Å².